The highest BCUT2D eigenvalue weighted by Crippen LogP contribution is 2.20. The number of terminal acetylenes is 1. The van der Waals surface area contributed by atoms with Gasteiger partial charge in [0.15, 0.2) is 5.82 Å². The van der Waals surface area contributed by atoms with E-state index in [4.69, 9.17) is 12.5 Å². The van der Waals surface area contributed by atoms with Gasteiger partial charge in [-0.3, -0.25) is 0 Å². The number of aryl methyl sites for hydroxylation is 2. The molecule has 9 nitrogen and oxygen atoms in total. The lowest BCUT2D eigenvalue weighted by Gasteiger charge is -2.11. The zero-order valence-electron chi connectivity index (χ0n) is 14.0. The molecule has 2 heterocycles. The summed E-state index contributed by atoms with van der Waals surface area (Å²) in [5, 5.41) is 18.6. The third kappa shape index (κ3) is 2.72. The van der Waals surface area contributed by atoms with E-state index in [1.165, 1.54) is 7.05 Å². The number of hydrogen-bond acceptors (Lipinski definition) is 7. The smallest absolute Gasteiger partial charge is 0.369 e. The van der Waals surface area contributed by atoms with Crippen LogP contribution in [0.3, 0.4) is 0 Å². The standard InChI is InChI=1S/C15H13N7O2/c1-4-12-11(9-24-13-8-6-5-7-10(13)2)14(17-18-16-12)22-15(23)21(3)19-20-22/h1,5-8H,9H2,2-3H3/i5T. The molecule has 24 heavy (non-hydrogen) atoms. The van der Waals surface area contributed by atoms with E-state index < -0.39 is 5.69 Å². The fourth-order valence-electron chi connectivity index (χ4n) is 2.01. The fourth-order valence-corrected chi connectivity index (χ4v) is 2.01. The van der Waals surface area contributed by atoms with Crippen molar-refractivity contribution in [3.63, 3.8) is 0 Å². The lowest BCUT2D eigenvalue weighted by atomic mass is 10.2. The van der Waals surface area contributed by atoms with Gasteiger partial charge in [0.2, 0.25) is 0 Å². The summed E-state index contributed by atoms with van der Waals surface area (Å²) >= 11 is 0. The first-order chi connectivity index (χ1) is 12.0. The molecule has 0 aliphatic rings. The lowest BCUT2D eigenvalue weighted by Crippen LogP contribution is -2.25. The van der Waals surface area contributed by atoms with Gasteiger partial charge < -0.3 is 4.74 Å². The van der Waals surface area contributed by atoms with Gasteiger partial charge in [-0.1, -0.05) is 18.2 Å². The van der Waals surface area contributed by atoms with Crippen LogP contribution in [-0.2, 0) is 13.7 Å². The van der Waals surface area contributed by atoms with Crippen molar-refractivity contribution in [1.29, 1.82) is 0 Å². The van der Waals surface area contributed by atoms with Crippen LogP contribution in [-0.4, -0.2) is 35.2 Å². The summed E-state index contributed by atoms with van der Waals surface area (Å²) in [6.07, 6.45) is 5.47. The minimum absolute atomic E-state index is 0.00140. The summed E-state index contributed by atoms with van der Waals surface area (Å²) < 4.78 is 15.4. The SMILES string of the molecule is [3H]c1ccc(OCc2c(C#C)nnnc2-n2nnn(C)c2=O)c(C)c1. The van der Waals surface area contributed by atoms with Crippen LogP contribution in [0.15, 0.2) is 29.0 Å². The van der Waals surface area contributed by atoms with Gasteiger partial charge >= 0.3 is 5.69 Å². The zero-order valence-corrected chi connectivity index (χ0v) is 13.0. The van der Waals surface area contributed by atoms with Crippen LogP contribution in [0.1, 0.15) is 18.2 Å². The van der Waals surface area contributed by atoms with Gasteiger partial charge in [-0.25, -0.2) is 4.79 Å². The van der Waals surface area contributed by atoms with Crippen LogP contribution < -0.4 is 10.4 Å². The topological polar surface area (TPSA) is 101 Å². The van der Waals surface area contributed by atoms with Crippen molar-refractivity contribution in [2.45, 2.75) is 13.5 Å². The van der Waals surface area contributed by atoms with Crippen molar-refractivity contribution in [3.8, 4) is 23.9 Å². The van der Waals surface area contributed by atoms with Crippen molar-refractivity contribution < 1.29 is 6.11 Å². The second kappa shape index (κ2) is 6.29. The predicted molar refractivity (Wildman–Crippen MR) is 83.4 cm³/mol. The van der Waals surface area contributed by atoms with E-state index in [2.05, 4.69) is 31.8 Å². The van der Waals surface area contributed by atoms with Crippen molar-refractivity contribution in [3.05, 3.63) is 51.5 Å². The average molecular weight is 325 g/mol. The molecule has 120 valence electrons. The average Bonchev–Trinajstić information content (AvgIpc) is 2.93. The normalized spacial score (nSPS) is 11.0. The monoisotopic (exact) mass is 325 g/mol. The number of para-hydroxylation sites is 1. The predicted octanol–water partition coefficient (Wildman–Crippen LogP) is 0.0197. The van der Waals surface area contributed by atoms with E-state index in [0.29, 0.717) is 17.4 Å². The molecule has 0 atom stereocenters. The highest BCUT2D eigenvalue weighted by atomic mass is 16.5. The number of nitrogens with zero attached hydrogens (tertiary/aromatic N) is 7. The summed E-state index contributed by atoms with van der Waals surface area (Å²) in [5.41, 5.74) is 0.870. The maximum atomic E-state index is 12.1. The number of tetrazole rings is 1. The van der Waals surface area contributed by atoms with Crippen molar-refractivity contribution in [2.75, 3.05) is 0 Å². The van der Waals surface area contributed by atoms with Gasteiger partial charge in [-0.05, 0) is 40.1 Å². The molecule has 2 aromatic heterocycles. The first-order valence-corrected chi connectivity index (χ1v) is 6.89. The van der Waals surface area contributed by atoms with E-state index in [1.54, 1.807) is 18.2 Å². The number of benzene rings is 1. The number of rotatable bonds is 4. The minimum atomic E-state index is -0.500. The molecule has 3 rings (SSSR count). The largest absolute Gasteiger partial charge is 0.488 e. The fraction of sp³-hybridized carbons (Fsp3) is 0.200. The molecular formula is C15H13N7O2. The third-order valence-corrected chi connectivity index (χ3v) is 3.29. The van der Waals surface area contributed by atoms with E-state index in [-0.39, 0.29) is 18.1 Å². The lowest BCUT2D eigenvalue weighted by molar-refractivity contribution is 0.301. The second-order valence-electron chi connectivity index (χ2n) is 4.86. The molecule has 3 aromatic rings. The molecule has 0 bridgehead atoms. The van der Waals surface area contributed by atoms with E-state index >= 15 is 0 Å². The Morgan fingerprint density at radius 1 is 1.38 bits per heavy atom. The van der Waals surface area contributed by atoms with Crippen LogP contribution in [0.25, 0.3) is 5.82 Å². The Balaban J connectivity index is 2.01. The van der Waals surface area contributed by atoms with Crippen molar-refractivity contribution in [2.24, 2.45) is 7.05 Å². The Bertz CT molecular complexity index is 1040. The van der Waals surface area contributed by atoms with Crippen molar-refractivity contribution in [1.82, 2.24) is 35.2 Å². The van der Waals surface area contributed by atoms with Gasteiger partial charge in [-0.2, -0.15) is 4.68 Å². The van der Waals surface area contributed by atoms with Gasteiger partial charge in [0.05, 0.1) is 6.93 Å². The number of hydrogen-bond donors (Lipinski definition) is 0. The van der Waals surface area contributed by atoms with Crippen LogP contribution in [0.4, 0.5) is 0 Å². The molecular weight excluding hydrogens is 310 g/mol. The summed E-state index contributed by atoms with van der Waals surface area (Å²) in [7, 11) is 1.46. The summed E-state index contributed by atoms with van der Waals surface area (Å²) in [6.45, 7) is 1.82. The summed E-state index contributed by atoms with van der Waals surface area (Å²) in [4.78, 5) is 12.1. The van der Waals surface area contributed by atoms with Crippen LogP contribution in [0.5, 0.6) is 5.75 Å². The molecule has 9 heteroatoms. The first kappa shape index (κ1) is 14.1. The third-order valence-electron chi connectivity index (χ3n) is 3.29. The first-order valence-electron chi connectivity index (χ1n) is 7.39. The molecule has 0 aliphatic heterocycles. The second-order valence-corrected chi connectivity index (χ2v) is 4.86. The zero-order chi connectivity index (χ0) is 18.0. The van der Waals surface area contributed by atoms with Crippen molar-refractivity contribution >= 4 is 0 Å². The Hall–Kier alpha value is -3.54. The van der Waals surface area contributed by atoms with Crippen LogP contribution in [0, 0.1) is 19.3 Å². The Labute approximate surface area is 138 Å². The summed E-state index contributed by atoms with van der Waals surface area (Å²) in [5.74, 6) is 3.08. The maximum Gasteiger partial charge on any atom is 0.369 e. The summed E-state index contributed by atoms with van der Waals surface area (Å²) in [6, 6.07) is 5.35. The van der Waals surface area contributed by atoms with E-state index in [1.807, 2.05) is 6.92 Å². The number of aromatic nitrogens is 7. The molecule has 0 N–H and O–H groups in total. The minimum Gasteiger partial charge on any atom is -0.488 e. The quantitative estimate of drug-likeness (QED) is 0.623. The van der Waals surface area contributed by atoms with Crippen LogP contribution >= 0.6 is 0 Å². The van der Waals surface area contributed by atoms with Gasteiger partial charge in [0.25, 0.3) is 0 Å². The molecule has 0 fully saturated rings. The van der Waals surface area contributed by atoms with Crippen LogP contribution in [0.2, 0.25) is 0 Å². The molecule has 0 unspecified atom stereocenters. The molecule has 0 spiro atoms. The molecule has 0 aliphatic carbocycles. The van der Waals surface area contributed by atoms with E-state index in [0.717, 1.165) is 14.9 Å². The molecule has 0 amide bonds. The van der Waals surface area contributed by atoms with Gasteiger partial charge in [0, 0.05) is 7.05 Å². The molecule has 0 saturated heterocycles. The van der Waals surface area contributed by atoms with Gasteiger partial charge in [0.1, 0.15) is 18.1 Å². The number of ether oxygens (including phenoxy) is 1. The Morgan fingerprint density at radius 3 is 2.88 bits per heavy atom. The van der Waals surface area contributed by atoms with Gasteiger partial charge in [-0.15, -0.1) is 21.3 Å². The highest BCUT2D eigenvalue weighted by molar-refractivity contribution is 5.42. The molecule has 0 saturated carbocycles. The maximum absolute atomic E-state index is 12.1. The van der Waals surface area contributed by atoms with E-state index in [9.17, 15) is 4.79 Å². The Morgan fingerprint density at radius 2 is 2.21 bits per heavy atom. The molecule has 0 radical (unpaired) electrons. The highest BCUT2D eigenvalue weighted by Gasteiger charge is 2.18. The molecule has 1 aromatic carbocycles. The Kier molecular flexibility index (Phi) is 3.69.